The average Bonchev–Trinajstić information content (AvgIpc) is 2.24. The summed E-state index contributed by atoms with van der Waals surface area (Å²) in [5.41, 5.74) is 5.87. The van der Waals surface area contributed by atoms with E-state index in [1.165, 1.54) is 0 Å². The van der Waals surface area contributed by atoms with E-state index in [4.69, 9.17) is 10.5 Å². The zero-order valence-electron chi connectivity index (χ0n) is 8.18. The van der Waals surface area contributed by atoms with E-state index in [2.05, 4.69) is 17.4 Å². The van der Waals surface area contributed by atoms with Crippen molar-refractivity contribution in [3.05, 3.63) is 29.8 Å². The minimum absolute atomic E-state index is 0.153. The highest BCUT2D eigenvalue weighted by atomic mass is 32.1. The Kier molecular flexibility index (Phi) is 4.83. The topological polar surface area (TPSA) is 61.6 Å². The van der Waals surface area contributed by atoms with Crippen LogP contribution < -0.4 is 10.5 Å². The van der Waals surface area contributed by atoms with Crippen molar-refractivity contribution in [3.8, 4) is 5.75 Å². The van der Waals surface area contributed by atoms with Crippen LogP contribution in [0.15, 0.2) is 24.3 Å². The van der Waals surface area contributed by atoms with E-state index in [-0.39, 0.29) is 6.61 Å². The van der Waals surface area contributed by atoms with Crippen molar-refractivity contribution in [1.29, 1.82) is 0 Å². The first-order valence-corrected chi connectivity index (χ1v) is 5.10. The molecule has 0 aliphatic carbocycles. The van der Waals surface area contributed by atoms with Crippen LogP contribution in [0.4, 0.5) is 4.79 Å². The van der Waals surface area contributed by atoms with E-state index in [1.807, 2.05) is 24.3 Å². The van der Waals surface area contributed by atoms with Crippen molar-refractivity contribution in [2.75, 3.05) is 13.2 Å². The summed E-state index contributed by atoms with van der Waals surface area (Å²) < 4.78 is 9.85. The van der Waals surface area contributed by atoms with Crippen molar-refractivity contribution in [2.45, 2.75) is 5.75 Å². The van der Waals surface area contributed by atoms with Gasteiger partial charge in [0.25, 0.3) is 0 Å². The SMILES string of the molecule is NC(=O)OCCOc1cccc(CS)c1. The molecule has 1 aromatic rings. The average molecular weight is 227 g/mol. The van der Waals surface area contributed by atoms with Crippen molar-refractivity contribution in [2.24, 2.45) is 5.73 Å². The number of carbonyl (C=O) groups excluding carboxylic acids is 1. The van der Waals surface area contributed by atoms with E-state index < -0.39 is 6.09 Å². The summed E-state index contributed by atoms with van der Waals surface area (Å²) in [6.07, 6.45) is -0.789. The van der Waals surface area contributed by atoms with Crippen LogP contribution in [0.25, 0.3) is 0 Å². The molecule has 15 heavy (non-hydrogen) atoms. The highest BCUT2D eigenvalue weighted by Crippen LogP contribution is 2.14. The molecular formula is C10H13NO3S. The van der Waals surface area contributed by atoms with Crippen LogP contribution in [0.3, 0.4) is 0 Å². The summed E-state index contributed by atoms with van der Waals surface area (Å²) in [5.74, 6) is 1.39. The molecular weight excluding hydrogens is 214 g/mol. The number of primary amides is 1. The molecule has 0 spiro atoms. The molecule has 0 unspecified atom stereocenters. The Morgan fingerprint density at radius 1 is 1.40 bits per heavy atom. The number of ether oxygens (including phenoxy) is 2. The van der Waals surface area contributed by atoms with Gasteiger partial charge in [-0.1, -0.05) is 12.1 Å². The zero-order chi connectivity index (χ0) is 11.1. The maximum Gasteiger partial charge on any atom is 0.404 e. The standard InChI is InChI=1S/C10H13NO3S/c11-10(12)14-5-4-13-9-3-1-2-8(6-9)7-15/h1-3,6,15H,4-5,7H2,(H2,11,12). The van der Waals surface area contributed by atoms with Crippen molar-refractivity contribution >= 4 is 18.7 Å². The van der Waals surface area contributed by atoms with Crippen molar-refractivity contribution in [3.63, 3.8) is 0 Å². The number of hydrogen-bond donors (Lipinski definition) is 2. The van der Waals surface area contributed by atoms with Crippen LogP contribution in [-0.4, -0.2) is 19.3 Å². The quantitative estimate of drug-likeness (QED) is 0.593. The molecule has 4 nitrogen and oxygen atoms in total. The van der Waals surface area contributed by atoms with Crippen molar-refractivity contribution in [1.82, 2.24) is 0 Å². The molecule has 2 N–H and O–H groups in total. The molecule has 0 saturated heterocycles. The minimum Gasteiger partial charge on any atom is -0.490 e. The lowest BCUT2D eigenvalue weighted by molar-refractivity contribution is 0.134. The van der Waals surface area contributed by atoms with Gasteiger partial charge in [-0.05, 0) is 17.7 Å². The number of thiol groups is 1. The minimum atomic E-state index is -0.789. The lowest BCUT2D eigenvalue weighted by atomic mass is 10.2. The molecule has 0 fully saturated rings. The third-order valence-corrected chi connectivity index (χ3v) is 2.04. The van der Waals surface area contributed by atoms with Gasteiger partial charge in [-0.3, -0.25) is 0 Å². The zero-order valence-corrected chi connectivity index (χ0v) is 9.07. The Morgan fingerprint density at radius 2 is 2.20 bits per heavy atom. The fourth-order valence-electron chi connectivity index (χ4n) is 1.04. The number of carbonyl (C=O) groups is 1. The molecule has 1 rings (SSSR count). The van der Waals surface area contributed by atoms with Gasteiger partial charge < -0.3 is 15.2 Å². The van der Waals surface area contributed by atoms with Gasteiger partial charge in [0.2, 0.25) is 0 Å². The Hall–Kier alpha value is -1.36. The third-order valence-electron chi connectivity index (χ3n) is 1.68. The van der Waals surface area contributed by atoms with Gasteiger partial charge in [-0.25, -0.2) is 4.79 Å². The maximum absolute atomic E-state index is 10.2. The Bertz CT molecular complexity index is 330. The van der Waals surface area contributed by atoms with Crippen LogP contribution in [0.2, 0.25) is 0 Å². The second-order valence-corrected chi connectivity index (χ2v) is 3.14. The lowest BCUT2D eigenvalue weighted by Gasteiger charge is -2.06. The van der Waals surface area contributed by atoms with Crippen LogP contribution >= 0.6 is 12.6 Å². The molecule has 0 atom stereocenters. The van der Waals surface area contributed by atoms with Crippen LogP contribution in [0, 0.1) is 0 Å². The first-order valence-electron chi connectivity index (χ1n) is 4.47. The van der Waals surface area contributed by atoms with E-state index in [1.54, 1.807) is 0 Å². The van der Waals surface area contributed by atoms with Gasteiger partial charge in [-0.2, -0.15) is 12.6 Å². The Morgan fingerprint density at radius 3 is 2.87 bits per heavy atom. The molecule has 0 aliphatic rings. The number of hydrogen-bond acceptors (Lipinski definition) is 4. The molecule has 1 amide bonds. The van der Waals surface area contributed by atoms with Crippen molar-refractivity contribution < 1.29 is 14.3 Å². The van der Waals surface area contributed by atoms with Gasteiger partial charge in [0, 0.05) is 5.75 Å². The Labute approximate surface area is 93.8 Å². The molecule has 0 radical (unpaired) electrons. The third kappa shape index (κ3) is 4.60. The van der Waals surface area contributed by atoms with Crippen LogP contribution in [0.1, 0.15) is 5.56 Å². The number of rotatable bonds is 5. The van der Waals surface area contributed by atoms with Gasteiger partial charge in [0.1, 0.15) is 19.0 Å². The first kappa shape index (κ1) is 11.7. The molecule has 0 aromatic heterocycles. The number of nitrogens with two attached hydrogens (primary N) is 1. The smallest absolute Gasteiger partial charge is 0.404 e. The molecule has 0 heterocycles. The van der Waals surface area contributed by atoms with Crippen LogP contribution in [-0.2, 0) is 10.5 Å². The molecule has 1 aromatic carbocycles. The highest BCUT2D eigenvalue weighted by Gasteiger charge is 1.97. The van der Waals surface area contributed by atoms with Crippen LogP contribution in [0.5, 0.6) is 5.75 Å². The summed E-state index contributed by atoms with van der Waals surface area (Å²) in [7, 11) is 0. The second-order valence-electron chi connectivity index (χ2n) is 2.82. The monoisotopic (exact) mass is 227 g/mol. The Balaban J connectivity index is 2.33. The van der Waals surface area contributed by atoms with Gasteiger partial charge >= 0.3 is 6.09 Å². The summed E-state index contributed by atoms with van der Waals surface area (Å²) in [4.78, 5) is 10.2. The predicted octanol–water partition coefficient (Wildman–Crippen LogP) is 1.59. The van der Waals surface area contributed by atoms with E-state index >= 15 is 0 Å². The molecule has 82 valence electrons. The summed E-state index contributed by atoms with van der Waals surface area (Å²) >= 11 is 4.15. The fourth-order valence-corrected chi connectivity index (χ4v) is 1.23. The largest absolute Gasteiger partial charge is 0.490 e. The predicted molar refractivity (Wildman–Crippen MR) is 60.2 cm³/mol. The van der Waals surface area contributed by atoms with Gasteiger partial charge in [-0.15, -0.1) is 0 Å². The highest BCUT2D eigenvalue weighted by molar-refractivity contribution is 7.79. The summed E-state index contributed by atoms with van der Waals surface area (Å²) in [6.45, 7) is 0.444. The van der Waals surface area contributed by atoms with E-state index in [9.17, 15) is 4.79 Å². The number of amides is 1. The maximum atomic E-state index is 10.2. The second kappa shape index (κ2) is 6.19. The summed E-state index contributed by atoms with van der Waals surface area (Å²) in [6, 6.07) is 7.56. The number of benzene rings is 1. The van der Waals surface area contributed by atoms with Gasteiger partial charge in [0.05, 0.1) is 0 Å². The van der Waals surface area contributed by atoms with Gasteiger partial charge in [0.15, 0.2) is 0 Å². The molecule has 5 heteroatoms. The first-order chi connectivity index (χ1) is 7.22. The molecule has 0 saturated carbocycles. The molecule has 0 aliphatic heterocycles. The lowest BCUT2D eigenvalue weighted by Crippen LogP contribution is -2.17. The molecule has 0 bridgehead atoms. The fraction of sp³-hybridized carbons (Fsp3) is 0.300. The normalized spacial score (nSPS) is 9.67. The van der Waals surface area contributed by atoms with E-state index in [0.29, 0.717) is 12.4 Å². The van der Waals surface area contributed by atoms with E-state index in [0.717, 1.165) is 11.3 Å². The summed E-state index contributed by atoms with van der Waals surface area (Å²) in [5, 5.41) is 0.